The number of aryl methyl sites for hydroxylation is 1. The zero-order valence-electron chi connectivity index (χ0n) is 19.7. The molecule has 0 spiro atoms. The number of nitrogens with one attached hydrogen (secondary N) is 1. The monoisotopic (exact) mass is 450 g/mol. The maximum atomic E-state index is 10.9. The Balaban J connectivity index is 1.66. The number of pyridine rings is 1. The van der Waals surface area contributed by atoms with E-state index in [2.05, 4.69) is 41.1 Å². The van der Waals surface area contributed by atoms with Gasteiger partial charge in [-0.25, -0.2) is 4.98 Å². The fourth-order valence-corrected chi connectivity index (χ4v) is 5.07. The first-order valence-electron chi connectivity index (χ1n) is 11.6. The van der Waals surface area contributed by atoms with Crippen molar-refractivity contribution in [3.8, 4) is 0 Å². The highest BCUT2D eigenvalue weighted by Gasteiger charge is 2.27. The molecule has 0 bridgehead atoms. The summed E-state index contributed by atoms with van der Waals surface area (Å²) in [5.41, 5.74) is 2.35. The van der Waals surface area contributed by atoms with E-state index < -0.39 is 5.60 Å². The van der Waals surface area contributed by atoms with Gasteiger partial charge in [0.2, 0.25) is 0 Å². The molecule has 4 rings (SSSR count). The minimum atomic E-state index is -1.05. The highest BCUT2D eigenvalue weighted by Crippen LogP contribution is 2.37. The van der Waals surface area contributed by atoms with Crippen LogP contribution in [0.2, 0.25) is 0 Å². The van der Waals surface area contributed by atoms with E-state index in [1.165, 1.54) is 25.7 Å². The lowest BCUT2D eigenvalue weighted by Crippen LogP contribution is -2.23. The van der Waals surface area contributed by atoms with Crippen molar-refractivity contribution in [3.05, 3.63) is 53.3 Å². The third-order valence-corrected chi connectivity index (χ3v) is 7.08. The predicted octanol–water partition coefficient (Wildman–Crippen LogP) is 6.14. The van der Waals surface area contributed by atoms with E-state index in [9.17, 15) is 5.11 Å². The van der Waals surface area contributed by atoms with Crippen molar-refractivity contribution in [2.45, 2.75) is 71.9 Å². The molecule has 2 aromatic heterocycles. The first-order chi connectivity index (χ1) is 15.1. The van der Waals surface area contributed by atoms with Crippen LogP contribution in [0, 0.1) is 18.8 Å². The summed E-state index contributed by atoms with van der Waals surface area (Å²) in [4.78, 5) is 5.05. The zero-order chi connectivity index (χ0) is 23.0. The van der Waals surface area contributed by atoms with Crippen LogP contribution in [0.15, 0.2) is 36.5 Å². The number of fused-ring (bicyclic) bond motifs is 1. The molecular formula is C26H34N4OS. The van der Waals surface area contributed by atoms with Crippen LogP contribution in [0.3, 0.4) is 0 Å². The number of benzene rings is 1. The normalized spacial score (nSPS) is 19.5. The number of aromatic nitrogens is 3. The van der Waals surface area contributed by atoms with Crippen LogP contribution in [0.4, 0.5) is 5.82 Å². The molecular weight excluding hydrogens is 416 g/mol. The van der Waals surface area contributed by atoms with Crippen molar-refractivity contribution in [3.63, 3.8) is 0 Å². The van der Waals surface area contributed by atoms with Gasteiger partial charge < -0.3 is 10.4 Å². The molecule has 1 aliphatic carbocycles. The molecule has 0 amide bonds. The smallest absolute Gasteiger partial charge is 0.131 e. The quantitative estimate of drug-likeness (QED) is 0.457. The Morgan fingerprint density at radius 1 is 1.19 bits per heavy atom. The minimum Gasteiger partial charge on any atom is -0.386 e. The Labute approximate surface area is 196 Å². The van der Waals surface area contributed by atoms with E-state index in [1.54, 1.807) is 13.8 Å². The van der Waals surface area contributed by atoms with Gasteiger partial charge in [0.05, 0.1) is 17.2 Å². The first-order valence-corrected chi connectivity index (χ1v) is 12.0. The van der Waals surface area contributed by atoms with Gasteiger partial charge in [-0.05, 0) is 88.1 Å². The van der Waals surface area contributed by atoms with Gasteiger partial charge >= 0.3 is 0 Å². The van der Waals surface area contributed by atoms with Crippen molar-refractivity contribution in [1.82, 2.24) is 14.8 Å². The van der Waals surface area contributed by atoms with E-state index in [-0.39, 0.29) is 0 Å². The Hall–Kier alpha value is -2.31. The molecule has 0 saturated heterocycles. The van der Waals surface area contributed by atoms with Crippen LogP contribution >= 0.6 is 12.2 Å². The number of nitrogens with zero attached hydrogens (tertiary/aromatic N) is 3. The fraction of sp³-hybridized carbons (Fsp3) is 0.500. The van der Waals surface area contributed by atoms with E-state index in [4.69, 9.17) is 17.3 Å². The molecule has 170 valence electrons. The fourth-order valence-electron chi connectivity index (χ4n) is 4.80. The lowest BCUT2D eigenvalue weighted by molar-refractivity contribution is 0.0786. The summed E-state index contributed by atoms with van der Waals surface area (Å²) in [6.07, 6.45) is 7.00. The van der Waals surface area contributed by atoms with E-state index in [0.717, 1.165) is 39.6 Å². The second kappa shape index (κ2) is 8.91. The SMILES string of the molecule is Cc1cccc(NC(=S)c2cc3cn(C4CCC(C(C)C)CC4)nc3cc2C(C)(C)O)n1. The van der Waals surface area contributed by atoms with Crippen LogP contribution in [-0.2, 0) is 5.60 Å². The van der Waals surface area contributed by atoms with Crippen LogP contribution in [0.5, 0.6) is 0 Å². The molecule has 2 N–H and O–H groups in total. The zero-order valence-corrected chi connectivity index (χ0v) is 20.5. The van der Waals surface area contributed by atoms with Crippen LogP contribution in [-0.4, -0.2) is 24.9 Å². The van der Waals surface area contributed by atoms with Crippen molar-refractivity contribution >= 4 is 33.9 Å². The summed E-state index contributed by atoms with van der Waals surface area (Å²) in [5, 5.41) is 20.1. The number of anilines is 1. The average Bonchev–Trinajstić information content (AvgIpc) is 3.15. The predicted molar refractivity (Wildman–Crippen MR) is 135 cm³/mol. The van der Waals surface area contributed by atoms with E-state index in [0.29, 0.717) is 16.8 Å². The summed E-state index contributed by atoms with van der Waals surface area (Å²) in [7, 11) is 0. The Morgan fingerprint density at radius 2 is 1.91 bits per heavy atom. The topological polar surface area (TPSA) is 63.0 Å². The largest absolute Gasteiger partial charge is 0.386 e. The molecule has 1 aromatic carbocycles. The number of thiocarbonyl (C=S) groups is 1. The highest BCUT2D eigenvalue weighted by molar-refractivity contribution is 7.81. The van der Waals surface area contributed by atoms with Gasteiger partial charge in [-0.3, -0.25) is 4.68 Å². The summed E-state index contributed by atoms with van der Waals surface area (Å²) >= 11 is 5.74. The second-order valence-corrected chi connectivity index (χ2v) is 10.5. The van der Waals surface area contributed by atoms with Crippen LogP contribution in [0.25, 0.3) is 10.9 Å². The molecule has 1 aliphatic rings. The molecule has 1 fully saturated rings. The molecule has 0 atom stereocenters. The molecule has 3 aromatic rings. The molecule has 0 radical (unpaired) electrons. The molecule has 0 unspecified atom stereocenters. The Bertz CT molecular complexity index is 1120. The van der Waals surface area contributed by atoms with Crippen molar-refractivity contribution < 1.29 is 5.11 Å². The standard InChI is InChI=1S/C26H34N4OS/c1-16(2)18-9-11-20(12-10-18)30-15-19-13-21(22(26(4,5)31)14-23(19)29-30)25(32)28-24-8-6-7-17(3)27-24/h6-8,13-16,18,20,31H,9-12H2,1-5H3,(H,27,28,32). The molecule has 1 saturated carbocycles. The van der Waals surface area contributed by atoms with Gasteiger partial charge in [-0.1, -0.05) is 32.1 Å². The average molecular weight is 451 g/mol. The van der Waals surface area contributed by atoms with Gasteiger partial charge in [-0.2, -0.15) is 5.10 Å². The second-order valence-electron chi connectivity index (χ2n) is 10.1. The van der Waals surface area contributed by atoms with Gasteiger partial charge in [0.15, 0.2) is 0 Å². The van der Waals surface area contributed by atoms with Crippen molar-refractivity contribution in [2.24, 2.45) is 11.8 Å². The summed E-state index contributed by atoms with van der Waals surface area (Å²) in [6.45, 7) is 10.2. The molecule has 5 nitrogen and oxygen atoms in total. The summed E-state index contributed by atoms with van der Waals surface area (Å²) in [5.74, 6) is 2.28. The van der Waals surface area contributed by atoms with E-state index in [1.807, 2.05) is 31.2 Å². The van der Waals surface area contributed by atoms with Gasteiger partial charge in [0.25, 0.3) is 0 Å². The van der Waals surface area contributed by atoms with Crippen molar-refractivity contribution in [2.75, 3.05) is 5.32 Å². The van der Waals surface area contributed by atoms with E-state index >= 15 is 0 Å². The van der Waals surface area contributed by atoms with Gasteiger partial charge in [-0.15, -0.1) is 0 Å². The molecule has 2 heterocycles. The summed E-state index contributed by atoms with van der Waals surface area (Å²) in [6, 6.07) is 10.3. The van der Waals surface area contributed by atoms with Gasteiger partial charge in [0.1, 0.15) is 10.8 Å². The number of rotatable bonds is 5. The maximum absolute atomic E-state index is 10.9. The van der Waals surface area contributed by atoms with Crippen molar-refractivity contribution in [1.29, 1.82) is 0 Å². The lowest BCUT2D eigenvalue weighted by atomic mass is 9.80. The van der Waals surface area contributed by atoms with Crippen LogP contribution < -0.4 is 5.32 Å². The lowest BCUT2D eigenvalue weighted by Gasteiger charge is -2.30. The number of hydrogen-bond donors (Lipinski definition) is 2. The first kappa shape index (κ1) is 22.9. The molecule has 0 aliphatic heterocycles. The third kappa shape index (κ3) is 4.86. The molecule has 6 heteroatoms. The minimum absolute atomic E-state index is 0.438. The van der Waals surface area contributed by atoms with Crippen LogP contribution in [0.1, 0.15) is 76.2 Å². The number of aliphatic hydroxyl groups is 1. The molecule has 32 heavy (non-hydrogen) atoms. The Morgan fingerprint density at radius 3 is 2.53 bits per heavy atom. The highest BCUT2D eigenvalue weighted by atomic mass is 32.1. The summed E-state index contributed by atoms with van der Waals surface area (Å²) < 4.78 is 2.14. The third-order valence-electron chi connectivity index (χ3n) is 6.75. The number of hydrogen-bond acceptors (Lipinski definition) is 4. The Kier molecular flexibility index (Phi) is 6.37. The maximum Gasteiger partial charge on any atom is 0.131 e. The van der Waals surface area contributed by atoms with Gasteiger partial charge in [0, 0.05) is 22.8 Å².